The summed E-state index contributed by atoms with van der Waals surface area (Å²) in [4.78, 5) is 24.5. The monoisotopic (exact) mass is 362 g/mol. The number of hydrogen-bond acceptors (Lipinski definition) is 3. The molecule has 0 heterocycles. The van der Waals surface area contributed by atoms with Crippen LogP contribution in [0.2, 0.25) is 5.02 Å². The van der Waals surface area contributed by atoms with Gasteiger partial charge in [-0.1, -0.05) is 41.9 Å². The molecule has 0 aliphatic rings. The maximum absolute atomic E-state index is 12.5. The van der Waals surface area contributed by atoms with Crippen LogP contribution in [-0.4, -0.2) is 26.1 Å². The highest BCUT2D eigenvalue weighted by Crippen LogP contribution is 2.22. The summed E-state index contributed by atoms with van der Waals surface area (Å²) in [6.45, 7) is 0.468. The summed E-state index contributed by atoms with van der Waals surface area (Å²) in [5, 5.41) is 2.75. The van der Waals surface area contributed by atoms with E-state index < -0.39 is 18.0 Å². The van der Waals surface area contributed by atoms with E-state index in [1.54, 1.807) is 25.3 Å². The number of amides is 3. The van der Waals surface area contributed by atoms with Crippen molar-refractivity contribution in [1.29, 1.82) is 0 Å². The van der Waals surface area contributed by atoms with E-state index in [0.717, 1.165) is 16.0 Å². The molecule has 3 amide bonds. The Kier molecular flexibility index (Phi) is 6.38. The highest BCUT2D eigenvalue weighted by Gasteiger charge is 2.30. The van der Waals surface area contributed by atoms with Crippen molar-refractivity contribution in [3.8, 4) is 5.75 Å². The standard InChI is InChI=1S/C18H20ClN3O3/c1-22(11-13-10-14(19)8-9-15(13)25-2)16(17(23)21-18(20)24)12-6-4-3-5-7-12/h3-10,16H,11H2,1-2H3,(H3,20,21,23,24)/p+1/t16-/m0/s1. The van der Waals surface area contributed by atoms with Crippen molar-refractivity contribution in [2.45, 2.75) is 12.6 Å². The zero-order chi connectivity index (χ0) is 18.4. The molecule has 2 aromatic carbocycles. The summed E-state index contributed by atoms with van der Waals surface area (Å²) in [6.07, 6.45) is 0. The number of methoxy groups -OCH3 is 1. The van der Waals surface area contributed by atoms with Gasteiger partial charge in [0.25, 0.3) is 5.91 Å². The van der Waals surface area contributed by atoms with Crippen molar-refractivity contribution in [3.63, 3.8) is 0 Å². The molecule has 6 nitrogen and oxygen atoms in total. The number of likely N-dealkylation sites (N-methyl/N-ethyl adjacent to an activating group) is 1. The van der Waals surface area contributed by atoms with Crippen LogP contribution in [0.15, 0.2) is 48.5 Å². The largest absolute Gasteiger partial charge is 0.496 e. The second kappa shape index (κ2) is 8.50. The fraction of sp³-hybridized carbons (Fsp3) is 0.222. The van der Waals surface area contributed by atoms with Crippen LogP contribution in [0.5, 0.6) is 5.75 Å². The lowest BCUT2D eigenvalue weighted by atomic mass is 10.0. The molecule has 0 aliphatic heterocycles. The lowest BCUT2D eigenvalue weighted by Gasteiger charge is -2.25. The van der Waals surface area contributed by atoms with E-state index in [1.807, 2.05) is 37.4 Å². The summed E-state index contributed by atoms with van der Waals surface area (Å²) in [7, 11) is 3.44. The van der Waals surface area contributed by atoms with Crippen LogP contribution in [0.25, 0.3) is 0 Å². The van der Waals surface area contributed by atoms with E-state index in [-0.39, 0.29) is 0 Å². The molecule has 0 radical (unpaired) electrons. The molecule has 0 aliphatic carbocycles. The fourth-order valence-electron chi connectivity index (χ4n) is 2.79. The Morgan fingerprint density at radius 1 is 1.24 bits per heavy atom. The average molecular weight is 363 g/mol. The van der Waals surface area contributed by atoms with Gasteiger partial charge in [0.2, 0.25) is 0 Å². The lowest BCUT2D eigenvalue weighted by molar-refractivity contribution is -0.916. The fourth-order valence-corrected chi connectivity index (χ4v) is 2.98. The van der Waals surface area contributed by atoms with Gasteiger partial charge >= 0.3 is 6.03 Å². The number of rotatable bonds is 6. The van der Waals surface area contributed by atoms with E-state index in [9.17, 15) is 9.59 Å². The molecule has 0 fully saturated rings. The van der Waals surface area contributed by atoms with Crippen molar-refractivity contribution in [2.24, 2.45) is 5.73 Å². The number of halogens is 1. The predicted octanol–water partition coefficient (Wildman–Crippen LogP) is 1.30. The Labute approximate surface area is 151 Å². The third kappa shape index (κ3) is 4.95. The Balaban J connectivity index is 2.32. The highest BCUT2D eigenvalue weighted by atomic mass is 35.5. The van der Waals surface area contributed by atoms with Crippen LogP contribution in [0.4, 0.5) is 4.79 Å². The van der Waals surface area contributed by atoms with E-state index in [0.29, 0.717) is 17.3 Å². The van der Waals surface area contributed by atoms with Crippen LogP contribution in [0.3, 0.4) is 0 Å². The molecule has 2 aromatic rings. The topological polar surface area (TPSA) is 85.9 Å². The first-order valence-electron chi connectivity index (χ1n) is 7.72. The number of quaternary nitrogens is 1. The van der Waals surface area contributed by atoms with Crippen molar-refractivity contribution in [3.05, 3.63) is 64.7 Å². The molecule has 0 bridgehead atoms. The number of hydrogen-bond donors (Lipinski definition) is 3. The number of primary amides is 1. The van der Waals surface area contributed by atoms with Gasteiger partial charge in [0, 0.05) is 16.1 Å². The molecule has 0 saturated heterocycles. The third-order valence-corrected chi connectivity index (χ3v) is 4.08. The van der Waals surface area contributed by atoms with Gasteiger partial charge < -0.3 is 15.4 Å². The minimum Gasteiger partial charge on any atom is -0.496 e. The summed E-state index contributed by atoms with van der Waals surface area (Å²) >= 11 is 6.08. The van der Waals surface area contributed by atoms with Crippen molar-refractivity contribution in [1.82, 2.24) is 5.32 Å². The van der Waals surface area contributed by atoms with Gasteiger partial charge in [0.1, 0.15) is 12.3 Å². The first-order valence-corrected chi connectivity index (χ1v) is 8.10. The number of carbonyl (C=O) groups is 2. The van der Waals surface area contributed by atoms with Gasteiger partial charge in [-0.05, 0) is 18.2 Å². The van der Waals surface area contributed by atoms with Crippen molar-refractivity contribution >= 4 is 23.5 Å². The first kappa shape index (κ1) is 18.8. The summed E-state index contributed by atoms with van der Waals surface area (Å²) in [5.74, 6) is 0.225. The second-order valence-electron chi connectivity index (χ2n) is 5.68. The quantitative estimate of drug-likeness (QED) is 0.724. The van der Waals surface area contributed by atoms with E-state index in [2.05, 4.69) is 5.32 Å². The Bertz CT molecular complexity index is 752. The maximum Gasteiger partial charge on any atom is 0.319 e. The molecule has 2 atom stereocenters. The van der Waals surface area contributed by atoms with Gasteiger partial charge in [-0.15, -0.1) is 0 Å². The minimum atomic E-state index is -0.876. The SMILES string of the molecule is COc1ccc(Cl)cc1C[NH+](C)[C@H](C(=O)NC(N)=O)c1ccccc1. The molecule has 132 valence electrons. The zero-order valence-corrected chi connectivity index (χ0v) is 14.8. The number of carbonyl (C=O) groups excluding carboxylic acids is 2. The van der Waals surface area contributed by atoms with Gasteiger partial charge in [0.05, 0.1) is 14.2 Å². The Morgan fingerprint density at radius 3 is 2.52 bits per heavy atom. The van der Waals surface area contributed by atoms with Crippen molar-refractivity contribution < 1.29 is 19.2 Å². The lowest BCUT2D eigenvalue weighted by Crippen LogP contribution is -3.09. The molecule has 25 heavy (non-hydrogen) atoms. The van der Waals surface area contributed by atoms with Crippen LogP contribution < -0.4 is 20.7 Å². The van der Waals surface area contributed by atoms with Crippen LogP contribution >= 0.6 is 11.6 Å². The van der Waals surface area contributed by atoms with Crippen molar-refractivity contribution in [2.75, 3.05) is 14.2 Å². The normalized spacial score (nSPS) is 12.9. The number of ether oxygens (including phenoxy) is 1. The molecule has 0 saturated carbocycles. The number of benzene rings is 2. The third-order valence-electron chi connectivity index (χ3n) is 3.85. The smallest absolute Gasteiger partial charge is 0.319 e. The molecule has 0 spiro atoms. The summed E-state index contributed by atoms with van der Waals surface area (Å²) < 4.78 is 5.37. The molecular weight excluding hydrogens is 342 g/mol. The number of nitrogens with one attached hydrogen (secondary N) is 2. The van der Waals surface area contributed by atoms with Crippen LogP contribution in [0.1, 0.15) is 17.2 Å². The minimum absolute atomic E-state index is 0.461. The van der Waals surface area contributed by atoms with E-state index in [1.165, 1.54) is 0 Å². The number of imide groups is 1. The van der Waals surface area contributed by atoms with Crippen LogP contribution in [0, 0.1) is 0 Å². The molecule has 1 unspecified atom stereocenters. The number of urea groups is 1. The molecular formula is C18H21ClN3O3+. The van der Waals surface area contributed by atoms with Gasteiger partial charge in [-0.3, -0.25) is 10.1 Å². The Morgan fingerprint density at radius 2 is 1.92 bits per heavy atom. The maximum atomic E-state index is 12.5. The van der Waals surface area contributed by atoms with Gasteiger partial charge in [0.15, 0.2) is 6.04 Å². The average Bonchev–Trinajstić information content (AvgIpc) is 2.55. The van der Waals surface area contributed by atoms with Crippen LogP contribution in [-0.2, 0) is 11.3 Å². The predicted molar refractivity (Wildman–Crippen MR) is 95.5 cm³/mol. The second-order valence-corrected chi connectivity index (χ2v) is 6.11. The molecule has 0 aromatic heterocycles. The van der Waals surface area contributed by atoms with E-state index >= 15 is 0 Å². The van der Waals surface area contributed by atoms with Gasteiger partial charge in [-0.25, -0.2) is 4.79 Å². The zero-order valence-electron chi connectivity index (χ0n) is 14.1. The molecule has 4 N–H and O–H groups in total. The molecule has 7 heteroatoms. The Hall–Kier alpha value is -2.57. The first-order chi connectivity index (χ1) is 11.9. The summed E-state index contributed by atoms with van der Waals surface area (Å²) in [5.41, 5.74) is 6.75. The highest BCUT2D eigenvalue weighted by molar-refractivity contribution is 6.30. The number of nitrogens with two attached hydrogens (primary N) is 1. The van der Waals surface area contributed by atoms with E-state index in [4.69, 9.17) is 22.1 Å². The van der Waals surface area contributed by atoms with Gasteiger partial charge in [-0.2, -0.15) is 0 Å². The molecule has 2 rings (SSSR count). The summed E-state index contributed by atoms with van der Waals surface area (Å²) in [6, 6.07) is 13.1.